The number of nitrogens with zero attached hydrogens (tertiary/aromatic N) is 3. The highest BCUT2D eigenvalue weighted by atomic mass is 79.9. The number of fused-ring (bicyclic) bond motifs is 1. The molecule has 0 aliphatic heterocycles. The van der Waals surface area contributed by atoms with Gasteiger partial charge in [-0.25, -0.2) is 9.97 Å². The van der Waals surface area contributed by atoms with E-state index in [0.717, 1.165) is 10.2 Å². The van der Waals surface area contributed by atoms with Crippen LogP contribution in [0.15, 0.2) is 41.3 Å². The van der Waals surface area contributed by atoms with Crippen molar-refractivity contribution in [3.05, 3.63) is 46.3 Å². The summed E-state index contributed by atoms with van der Waals surface area (Å²) in [5, 5.41) is 3.81. The van der Waals surface area contributed by atoms with Gasteiger partial charge in [-0.05, 0) is 34.1 Å². The Morgan fingerprint density at radius 2 is 2.21 bits per heavy atom. The minimum absolute atomic E-state index is 0.408. The number of nitrogens with one attached hydrogen (secondary N) is 1. The summed E-state index contributed by atoms with van der Waals surface area (Å²) in [6, 6.07) is 5.46. The van der Waals surface area contributed by atoms with Crippen molar-refractivity contribution in [3.8, 4) is 0 Å². The predicted molar refractivity (Wildman–Crippen MR) is 79.8 cm³/mol. The maximum atomic E-state index is 5.98. The minimum Gasteiger partial charge on any atom is -0.382 e. The van der Waals surface area contributed by atoms with E-state index >= 15 is 0 Å². The van der Waals surface area contributed by atoms with E-state index in [9.17, 15) is 0 Å². The van der Waals surface area contributed by atoms with Crippen molar-refractivity contribution in [2.24, 2.45) is 0 Å². The van der Waals surface area contributed by atoms with Crippen LogP contribution in [-0.2, 0) is 0 Å². The van der Waals surface area contributed by atoms with Gasteiger partial charge in [-0.15, -0.1) is 0 Å². The molecule has 19 heavy (non-hydrogen) atoms. The first kappa shape index (κ1) is 12.3. The van der Waals surface area contributed by atoms with E-state index in [1.807, 2.05) is 16.7 Å². The molecule has 0 aliphatic carbocycles. The Morgan fingerprint density at radius 3 is 3.05 bits per heavy atom. The normalized spacial score (nSPS) is 10.8. The number of imidazole rings is 1. The minimum atomic E-state index is 0.408. The number of nitrogens with two attached hydrogens (primary N) is 1. The molecule has 96 valence electrons. The van der Waals surface area contributed by atoms with Crippen molar-refractivity contribution in [1.29, 1.82) is 0 Å². The van der Waals surface area contributed by atoms with Crippen LogP contribution in [0.25, 0.3) is 5.65 Å². The topological polar surface area (TPSA) is 68.2 Å². The lowest BCUT2D eigenvalue weighted by atomic mass is 10.3. The largest absolute Gasteiger partial charge is 0.382 e. The van der Waals surface area contributed by atoms with Crippen LogP contribution in [0.5, 0.6) is 0 Å². The molecule has 0 fully saturated rings. The van der Waals surface area contributed by atoms with Crippen molar-refractivity contribution in [1.82, 2.24) is 14.4 Å². The molecular formula is C12H9BrClN5. The van der Waals surface area contributed by atoms with E-state index in [0.29, 0.717) is 22.3 Å². The Labute approximate surface area is 122 Å². The fourth-order valence-corrected chi connectivity index (χ4v) is 2.27. The average molecular weight is 339 g/mol. The van der Waals surface area contributed by atoms with Gasteiger partial charge in [0.05, 0.1) is 11.9 Å². The maximum absolute atomic E-state index is 5.98. The van der Waals surface area contributed by atoms with E-state index in [1.165, 1.54) is 0 Å². The summed E-state index contributed by atoms with van der Waals surface area (Å²) in [6.07, 6.45) is 5.21. The van der Waals surface area contributed by atoms with E-state index in [2.05, 4.69) is 31.2 Å². The number of halogens is 2. The highest BCUT2D eigenvalue weighted by Crippen LogP contribution is 2.29. The number of aromatic nitrogens is 3. The molecule has 0 aliphatic rings. The zero-order valence-corrected chi connectivity index (χ0v) is 12.0. The molecule has 3 rings (SSSR count). The van der Waals surface area contributed by atoms with Gasteiger partial charge in [-0.1, -0.05) is 11.6 Å². The van der Waals surface area contributed by atoms with Crippen LogP contribution in [0, 0.1) is 0 Å². The van der Waals surface area contributed by atoms with Crippen molar-refractivity contribution in [3.63, 3.8) is 0 Å². The Balaban J connectivity index is 2.10. The van der Waals surface area contributed by atoms with E-state index in [1.54, 1.807) is 24.5 Å². The molecule has 0 atom stereocenters. The van der Waals surface area contributed by atoms with Crippen LogP contribution in [0.4, 0.5) is 17.3 Å². The van der Waals surface area contributed by atoms with Crippen LogP contribution >= 0.6 is 27.5 Å². The Hall–Kier alpha value is -1.79. The zero-order valence-electron chi connectivity index (χ0n) is 9.64. The lowest BCUT2D eigenvalue weighted by Crippen LogP contribution is -2.02. The molecule has 3 aromatic rings. The van der Waals surface area contributed by atoms with E-state index in [-0.39, 0.29) is 0 Å². The van der Waals surface area contributed by atoms with Gasteiger partial charge >= 0.3 is 0 Å². The predicted octanol–water partition coefficient (Wildman–Crippen LogP) is 3.47. The van der Waals surface area contributed by atoms with Crippen LogP contribution in [-0.4, -0.2) is 14.4 Å². The van der Waals surface area contributed by atoms with Crippen molar-refractivity contribution >= 4 is 50.5 Å². The molecule has 0 amide bonds. The number of anilines is 3. The Kier molecular flexibility index (Phi) is 3.04. The molecule has 7 heteroatoms. The monoisotopic (exact) mass is 337 g/mol. The summed E-state index contributed by atoms with van der Waals surface area (Å²) < 4.78 is 2.69. The summed E-state index contributed by atoms with van der Waals surface area (Å²) in [6.45, 7) is 0. The molecule has 0 bridgehead atoms. The van der Waals surface area contributed by atoms with Gasteiger partial charge in [-0.2, -0.15) is 0 Å². The van der Waals surface area contributed by atoms with Gasteiger partial charge in [0, 0.05) is 21.9 Å². The van der Waals surface area contributed by atoms with Crippen molar-refractivity contribution < 1.29 is 0 Å². The molecule has 5 nitrogen and oxygen atoms in total. The zero-order chi connectivity index (χ0) is 13.4. The standard InChI is InChI=1S/C12H9BrClN5/c13-8-2-1-7(14)5-9(8)17-11-12-16-3-4-19(12)6-10(15)18-11/h1-6H,15H2,(H,17,18). The molecular weight excluding hydrogens is 330 g/mol. The third-order valence-electron chi connectivity index (χ3n) is 2.57. The molecule has 0 saturated carbocycles. The second kappa shape index (κ2) is 4.71. The van der Waals surface area contributed by atoms with Crippen molar-refractivity contribution in [2.75, 3.05) is 11.1 Å². The fourth-order valence-electron chi connectivity index (χ4n) is 1.76. The van der Waals surface area contributed by atoms with Gasteiger partial charge in [0.1, 0.15) is 5.82 Å². The third kappa shape index (κ3) is 2.36. The Bertz CT molecular complexity index is 755. The first-order valence-corrected chi connectivity index (χ1v) is 6.62. The summed E-state index contributed by atoms with van der Waals surface area (Å²) in [5.74, 6) is 0.985. The highest BCUT2D eigenvalue weighted by Gasteiger charge is 2.08. The van der Waals surface area contributed by atoms with Gasteiger partial charge in [0.15, 0.2) is 11.5 Å². The molecule has 1 aromatic carbocycles. The van der Waals surface area contributed by atoms with Gasteiger partial charge < -0.3 is 15.5 Å². The van der Waals surface area contributed by atoms with E-state index in [4.69, 9.17) is 17.3 Å². The number of nitrogen functional groups attached to an aromatic ring is 1. The van der Waals surface area contributed by atoms with Gasteiger partial charge in [0.25, 0.3) is 0 Å². The summed E-state index contributed by atoms with van der Waals surface area (Å²) in [4.78, 5) is 8.50. The second-order valence-corrected chi connectivity index (χ2v) is 5.21. The van der Waals surface area contributed by atoms with Crippen LogP contribution in [0.2, 0.25) is 5.02 Å². The Morgan fingerprint density at radius 1 is 1.37 bits per heavy atom. The summed E-state index contributed by atoms with van der Waals surface area (Å²) in [7, 11) is 0. The maximum Gasteiger partial charge on any atom is 0.180 e. The lowest BCUT2D eigenvalue weighted by Gasteiger charge is -2.10. The SMILES string of the molecule is Nc1cn2ccnc2c(Nc2cc(Cl)ccc2Br)n1. The smallest absolute Gasteiger partial charge is 0.180 e. The van der Waals surface area contributed by atoms with Crippen LogP contribution < -0.4 is 11.1 Å². The van der Waals surface area contributed by atoms with Crippen LogP contribution in [0.3, 0.4) is 0 Å². The second-order valence-electron chi connectivity index (χ2n) is 3.92. The highest BCUT2D eigenvalue weighted by molar-refractivity contribution is 9.10. The van der Waals surface area contributed by atoms with Gasteiger partial charge in [0.2, 0.25) is 0 Å². The molecule has 0 saturated heterocycles. The molecule has 0 unspecified atom stereocenters. The summed E-state index contributed by atoms with van der Waals surface area (Å²) >= 11 is 9.44. The summed E-state index contributed by atoms with van der Waals surface area (Å²) in [5.41, 5.74) is 7.26. The molecule has 2 aromatic heterocycles. The van der Waals surface area contributed by atoms with Crippen LogP contribution in [0.1, 0.15) is 0 Å². The molecule has 3 N–H and O–H groups in total. The molecule has 0 radical (unpaired) electrons. The third-order valence-corrected chi connectivity index (χ3v) is 3.50. The first-order chi connectivity index (χ1) is 9.13. The first-order valence-electron chi connectivity index (χ1n) is 5.45. The van der Waals surface area contributed by atoms with E-state index < -0.39 is 0 Å². The average Bonchev–Trinajstić information content (AvgIpc) is 2.82. The number of rotatable bonds is 2. The lowest BCUT2D eigenvalue weighted by molar-refractivity contribution is 1.14. The van der Waals surface area contributed by atoms with Crippen molar-refractivity contribution in [2.45, 2.75) is 0 Å². The van der Waals surface area contributed by atoms with Gasteiger partial charge in [-0.3, -0.25) is 0 Å². The molecule has 0 spiro atoms. The number of hydrogen-bond acceptors (Lipinski definition) is 4. The molecule has 2 heterocycles. The fraction of sp³-hybridized carbons (Fsp3) is 0. The number of hydrogen-bond donors (Lipinski definition) is 2. The quantitative estimate of drug-likeness (QED) is 0.751. The number of benzene rings is 1.